The lowest BCUT2D eigenvalue weighted by atomic mass is 10.1. The maximum Gasteiger partial charge on any atom is 0.324 e. The number of rotatable bonds is 7. The van der Waals surface area contributed by atoms with Crippen molar-refractivity contribution in [2.45, 2.75) is 24.8 Å². The van der Waals surface area contributed by atoms with E-state index in [9.17, 15) is 22.8 Å². The van der Waals surface area contributed by atoms with Crippen molar-refractivity contribution in [3.63, 3.8) is 0 Å². The number of esters is 1. The zero-order valence-corrected chi connectivity index (χ0v) is 16.0. The fourth-order valence-corrected chi connectivity index (χ4v) is 3.22. The number of carbonyl (C=O) groups excluding carboxylic acids is 3. The summed E-state index contributed by atoms with van der Waals surface area (Å²) in [7, 11) is -2.69. The zero-order valence-electron chi connectivity index (χ0n) is 14.4. The lowest BCUT2D eigenvalue weighted by Crippen LogP contribution is -2.46. The number of hydrogen-bond donors (Lipinski definition) is 3. The van der Waals surface area contributed by atoms with Gasteiger partial charge in [-0.3, -0.25) is 14.9 Å². The van der Waals surface area contributed by atoms with E-state index in [1.165, 1.54) is 31.3 Å². The third-order valence-electron chi connectivity index (χ3n) is 3.15. The summed E-state index contributed by atoms with van der Waals surface area (Å²) in [5, 5.41) is 4.45. The molecule has 11 heteroatoms. The van der Waals surface area contributed by atoms with E-state index in [-0.39, 0.29) is 4.90 Å². The van der Waals surface area contributed by atoms with Crippen LogP contribution in [0.3, 0.4) is 0 Å². The zero-order chi connectivity index (χ0) is 19.9. The molecular formula is C15H20ClN3O6S. The van der Waals surface area contributed by atoms with Gasteiger partial charge < -0.3 is 10.1 Å². The minimum absolute atomic E-state index is 0.0716. The van der Waals surface area contributed by atoms with Gasteiger partial charge in [0.15, 0.2) is 6.61 Å². The molecule has 0 radical (unpaired) electrons. The van der Waals surface area contributed by atoms with Crippen molar-refractivity contribution in [3.05, 3.63) is 29.3 Å². The Morgan fingerprint density at radius 3 is 2.23 bits per heavy atom. The first-order valence-corrected chi connectivity index (χ1v) is 9.39. The lowest BCUT2D eigenvalue weighted by molar-refractivity contribution is -0.150. The predicted octanol–water partition coefficient (Wildman–Crippen LogP) is 0.642. The molecule has 0 saturated carbocycles. The molecule has 0 aliphatic rings. The molecule has 1 rings (SSSR count). The van der Waals surface area contributed by atoms with Gasteiger partial charge in [-0.25, -0.2) is 13.2 Å². The number of halogens is 1. The lowest BCUT2D eigenvalue weighted by Gasteiger charge is -2.20. The maximum absolute atomic E-state index is 12.4. The predicted molar refractivity (Wildman–Crippen MR) is 94.0 cm³/mol. The summed E-state index contributed by atoms with van der Waals surface area (Å²) >= 11 is 5.73. The molecule has 0 spiro atoms. The van der Waals surface area contributed by atoms with Crippen LogP contribution in [0.2, 0.25) is 5.02 Å². The minimum atomic E-state index is -4.00. The normalized spacial score (nSPS) is 12.3. The molecule has 1 aromatic carbocycles. The van der Waals surface area contributed by atoms with Gasteiger partial charge in [0.05, 0.1) is 4.90 Å². The average molecular weight is 406 g/mol. The van der Waals surface area contributed by atoms with E-state index < -0.39 is 46.5 Å². The summed E-state index contributed by atoms with van der Waals surface area (Å²) in [6.45, 7) is 2.50. The topological polar surface area (TPSA) is 131 Å². The quantitative estimate of drug-likeness (QED) is 0.570. The van der Waals surface area contributed by atoms with Crippen molar-refractivity contribution >= 4 is 39.5 Å². The number of sulfonamides is 1. The molecule has 0 saturated heterocycles. The molecule has 1 aromatic rings. The number of ether oxygens (including phenoxy) is 1. The number of imide groups is 1. The van der Waals surface area contributed by atoms with E-state index in [1.54, 1.807) is 13.8 Å². The van der Waals surface area contributed by atoms with Gasteiger partial charge in [-0.1, -0.05) is 25.4 Å². The monoisotopic (exact) mass is 405 g/mol. The molecule has 3 amide bonds. The van der Waals surface area contributed by atoms with Crippen LogP contribution in [0, 0.1) is 5.92 Å². The van der Waals surface area contributed by atoms with Crippen molar-refractivity contribution in [3.8, 4) is 0 Å². The molecule has 1 unspecified atom stereocenters. The molecule has 144 valence electrons. The first kappa shape index (κ1) is 21.9. The van der Waals surface area contributed by atoms with Crippen molar-refractivity contribution in [2.24, 2.45) is 5.92 Å². The van der Waals surface area contributed by atoms with E-state index in [2.05, 4.69) is 10.0 Å². The Labute approximate surface area is 156 Å². The fourth-order valence-electron chi connectivity index (χ4n) is 1.76. The molecule has 0 aliphatic heterocycles. The van der Waals surface area contributed by atoms with Gasteiger partial charge in [0.2, 0.25) is 10.0 Å². The second-order valence-corrected chi connectivity index (χ2v) is 7.68. The highest BCUT2D eigenvalue weighted by molar-refractivity contribution is 7.89. The third kappa shape index (κ3) is 6.62. The molecular weight excluding hydrogens is 386 g/mol. The Morgan fingerprint density at radius 1 is 1.15 bits per heavy atom. The summed E-state index contributed by atoms with van der Waals surface area (Å²) in [6.07, 6.45) is 0. The van der Waals surface area contributed by atoms with E-state index in [4.69, 9.17) is 16.3 Å². The van der Waals surface area contributed by atoms with E-state index in [0.29, 0.717) is 5.02 Å². The van der Waals surface area contributed by atoms with E-state index in [0.717, 1.165) is 0 Å². The highest BCUT2D eigenvalue weighted by Crippen LogP contribution is 2.16. The highest BCUT2D eigenvalue weighted by Gasteiger charge is 2.30. The number of carbonyl (C=O) groups is 3. The van der Waals surface area contributed by atoms with Crippen LogP contribution < -0.4 is 15.4 Å². The van der Waals surface area contributed by atoms with Gasteiger partial charge in [-0.2, -0.15) is 4.72 Å². The second-order valence-electron chi connectivity index (χ2n) is 5.53. The molecule has 0 bridgehead atoms. The average Bonchev–Trinajstić information content (AvgIpc) is 2.57. The SMILES string of the molecule is CNC(=O)NC(=O)COC(=O)C(NS(=O)(=O)c1ccc(Cl)cc1)C(C)C. The van der Waals surface area contributed by atoms with Crippen molar-refractivity contribution < 1.29 is 27.5 Å². The number of benzene rings is 1. The summed E-state index contributed by atoms with van der Waals surface area (Å²) in [6, 6.07) is 3.43. The van der Waals surface area contributed by atoms with Gasteiger partial charge in [0.1, 0.15) is 6.04 Å². The third-order valence-corrected chi connectivity index (χ3v) is 4.86. The Balaban J connectivity index is 2.78. The second kappa shape index (κ2) is 9.51. The van der Waals surface area contributed by atoms with Crippen LogP contribution in [0.25, 0.3) is 0 Å². The Bertz CT molecular complexity index is 764. The Hall–Kier alpha value is -2.17. The largest absolute Gasteiger partial charge is 0.454 e. The van der Waals surface area contributed by atoms with Crippen LogP contribution in [0.5, 0.6) is 0 Å². The van der Waals surface area contributed by atoms with Crippen LogP contribution in [0.15, 0.2) is 29.2 Å². The van der Waals surface area contributed by atoms with Crippen LogP contribution in [-0.4, -0.2) is 46.0 Å². The summed E-state index contributed by atoms with van der Waals surface area (Å²) in [4.78, 5) is 34.5. The first-order chi connectivity index (χ1) is 12.1. The van der Waals surface area contributed by atoms with Gasteiger partial charge in [0.25, 0.3) is 5.91 Å². The Kier molecular flexibility index (Phi) is 8.00. The molecule has 3 N–H and O–H groups in total. The number of hydrogen-bond acceptors (Lipinski definition) is 6. The highest BCUT2D eigenvalue weighted by atomic mass is 35.5. The molecule has 26 heavy (non-hydrogen) atoms. The van der Waals surface area contributed by atoms with E-state index in [1.807, 2.05) is 5.32 Å². The van der Waals surface area contributed by atoms with Crippen LogP contribution >= 0.6 is 11.6 Å². The number of amides is 3. The molecule has 1 atom stereocenters. The smallest absolute Gasteiger partial charge is 0.324 e. The number of nitrogens with one attached hydrogen (secondary N) is 3. The first-order valence-electron chi connectivity index (χ1n) is 7.53. The van der Waals surface area contributed by atoms with Crippen LogP contribution in [0.1, 0.15) is 13.8 Å². The fraction of sp³-hybridized carbons (Fsp3) is 0.400. The van der Waals surface area contributed by atoms with Crippen molar-refractivity contribution in [2.75, 3.05) is 13.7 Å². The molecule has 0 heterocycles. The molecule has 0 aliphatic carbocycles. The standard InChI is InChI=1S/C15H20ClN3O6S/c1-9(2)13(14(21)25-8-12(20)18-15(22)17-3)19-26(23,24)11-6-4-10(16)5-7-11/h4-7,9,13,19H,8H2,1-3H3,(H2,17,18,20,22). The van der Waals surface area contributed by atoms with Crippen LogP contribution in [0.4, 0.5) is 4.79 Å². The number of urea groups is 1. The van der Waals surface area contributed by atoms with Crippen LogP contribution in [-0.2, 0) is 24.3 Å². The van der Waals surface area contributed by atoms with Gasteiger partial charge in [-0.05, 0) is 30.2 Å². The minimum Gasteiger partial charge on any atom is -0.454 e. The summed E-state index contributed by atoms with van der Waals surface area (Å²) < 4.78 is 31.8. The van der Waals surface area contributed by atoms with E-state index >= 15 is 0 Å². The molecule has 9 nitrogen and oxygen atoms in total. The Morgan fingerprint density at radius 2 is 1.73 bits per heavy atom. The van der Waals surface area contributed by atoms with Crippen molar-refractivity contribution in [1.29, 1.82) is 0 Å². The summed E-state index contributed by atoms with van der Waals surface area (Å²) in [5.41, 5.74) is 0. The molecule has 0 aromatic heterocycles. The van der Waals surface area contributed by atoms with Crippen molar-refractivity contribution in [1.82, 2.24) is 15.4 Å². The van der Waals surface area contributed by atoms with Gasteiger partial charge in [0, 0.05) is 12.1 Å². The van der Waals surface area contributed by atoms with Gasteiger partial charge in [-0.15, -0.1) is 0 Å². The molecule has 0 fully saturated rings. The van der Waals surface area contributed by atoms with Gasteiger partial charge >= 0.3 is 12.0 Å². The maximum atomic E-state index is 12.4. The summed E-state index contributed by atoms with van der Waals surface area (Å²) in [5.74, 6) is -2.24.